The number of aromatic nitrogens is 1. The van der Waals surface area contributed by atoms with Gasteiger partial charge in [0.15, 0.2) is 5.58 Å². The fourth-order valence-corrected chi connectivity index (χ4v) is 2.15. The van der Waals surface area contributed by atoms with Crippen LogP contribution >= 0.6 is 10.7 Å². The van der Waals surface area contributed by atoms with Crippen molar-refractivity contribution < 1.29 is 12.9 Å². The first-order chi connectivity index (χ1) is 7.02. The zero-order valence-corrected chi connectivity index (χ0v) is 9.47. The Morgan fingerprint density at radius 1 is 1.47 bits per heavy atom. The van der Waals surface area contributed by atoms with Gasteiger partial charge < -0.3 is 4.52 Å². The van der Waals surface area contributed by atoms with Crippen LogP contribution < -0.4 is 0 Å². The van der Waals surface area contributed by atoms with E-state index in [1.807, 2.05) is 6.92 Å². The lowest BCUT2D eigenvalue weighted by atomic mass is 10.2. The van der Waals surface area contributed by atoms with Gasteiger partial charge in [-0.1, -0.05) is 12.1 Å². The molecule has 2 aromatic rings. The molecule has 15 heavy (non-hydrogen) atoms. The van der Waals surface area contributed by atoms with Crippen molar-refractivity contribution >= 4 is 30.7 Å². The molecule has 0 aliphatic heterocycles. The molecule has 80 valence electrons. The highest BCUT2D eigenvalue weighted by atomic mass is 35.7. The van der Waals surface area contributed by atoms with Gasteiger partial charge >= 0.3 is 0 Å². The highest BCUT2D eigenvalue weighted by molar-refractivity contribution is 8.13. The Bertz CT molecular complexity index is 603. The second-order valence-corrected chi connectivity index (χ2v) is 5.64. The zero-order valence-electron chi connectivity index (χ0n) is 7.90. The van der Waals surface area contributed by atoms with E-state index < -0.39 is 9.05 Å². The normalized spacial score (nSPS) is 12.1. The minimum absolute atomic E-state index is 0.0644. The number of fused-ring (bicyclic) bond motifs is 1. The third kappa shape index (κ3) is 1.85. The van der Waals surface area contributed by atoms with Crippen LogP contribution in [0.5, 0.6) is 0 Å². The Balaban J connectivity index is 2.73. The zero-order chi connectivity index (χ0) is 11.1. The average molecular weight is 246 g/mol. The van der Waals surface area contributed by atoms with Crippen LogP contribution in [0.25, 0.3) is 11.0 Å². The molecule has 0 aliphatic rings. The molecule has 4 nitrogen and oxygen atoms in total. The standard InChI is InChI=1S/C9H8ClNO3S/c1-2-8-7-5-6(15(10,12)13)3-4-9(7)14-11-8/h3-5H,2H2,1H3. The lowest BCUT2D eigenvalue weighted by molar-refractivity contribution is 0.447. The Labute approximate surface area is 91.2 Å². The van der Waals surface area contributed by atoms with Crippen molar-refractivity contribution in [1.82, 2.24) is 5.16 Å². The van der Waals surface area contributed by atoms with E-state index >= 15 is 0 Å². The number of aryl methyl sites for hydroxylation is 1. The molecule has 0 radical (unpaired) electrons. The molecule has 0 aliphatic carbocycles. The predicted octanol–water partition coefficient (Wildman–Crippen LogP) is 2.32. The van der Waals surface area contributed by atoms with Crippen LogP contribution in [0.1, 0.15) is 12.6 Å². The summed E-state index contributed by atoms with van der Waals surface area (Å²) in [6, 6.07) is 4.43. The summed E-state index contributed by atoms with van der Waals surface area (Å²) < 4.78 is 27.2. The second kappa shape index (κ2) is 3.50. The van der Waals surface area contributed by atoms with Gasteiger partial charge in [-0.15, -0.1) is 0 Å². The van der Waals surface area contributed by atoms with Crippen LogP contribution in [0, 0.1) is 0 Å². The van der Waals surface area contributed by atoms with E-state index in [0.717, 1.165) is 5.69 Å². The molecule has 2 rings (SSSR count). The van der Waals surface area contributed by atoms with Crippen LogP contribution in [0.4, 0.5) is 0 Å². The summed E-state index contributed by atoms with van der Waals surface area (Å²) in [5, 5.41) is 4.52. The molecule has 0 atom stereocenters. The quantitative estimate of drug-likeness (QED) is 0.762. The Kier molecular flexibility index (Phi) is 2.44. The summed E-state index contributed by atoms with van der Waals surface area (Å²) in [4.78, 5) is 0.0644. The lowest BCUT2D eigenvalue weighted by Crippen LogP contribution is -1.90. The lowest BCUT2D eigenvalue weighted by Gasteiger charge is -1.95. The molecule has 0 amide bonds. The van der Waals surface area contributed by atoms with Gasteiger partial charge in [0.25, 0.3) is 9.05 Å². The van der Waals surface area contributed by atoms with Crippen molar-refractivity contribution in [1.29, 1.82) is 0 Å². The fraction of sp³-hybridized carbons (Fsp3) is 0.222. The van der Waals surface area contributed by atoms with Gasteiger partial charge in [0, 0.05) is 16.1 Å². The first kappa shape index (κ1) is 10.4. The molecule has 1 aromatic carbocycles. The fourth-order valence-electron chi connectivity index (χ4n) is 1.37. The number of benzene rings is 1. The molecule has 1 heterocycles. The summed E-state index contributed by atoms with van der Waals surface area (Å²) in [5.41, 5.74) is 1.29. The number of rotatable bonds is 2. The molecule has 0 saturated heterocycles. The van der Waals surface area contributed by atoms with Crippen molar-refractivity contribution in [3.05, 3.63) is 23.9 Å². The molecule has 0 bridgehead atoms. The van der Waals surface area contributed by atoms with E-state index in [4.69, 9.17) is 15.2 Å². The van der Waals surface area contributed by atoms with Crippen LogP contribution in [-0.4, -0.2) is 13.6 Å². The van der Waals surface area contributed by atoms with Gasteiger partial charge in [-0.2, -0.15) is 0 Å². The molecular weight excluding hydrogens is 238 g/mol. The molecular formula is C9H8ClNO3S. The molecule has 0 fully saturated rings. The Morgan fingerprint density at radius 3 is 2.80 bits per heavy atom. The van der Waals surface area contributed by atoms with E-state index in [-0.39, 0.29) is 4.90 Å². The van der Waals surface area contributed by atoms with Crippen molar-refractivity contribution in [2.75, 3.05) is 0 Å². The largest absolute Gasteiger partial charge is 0.356 e. The van der Waals surface area contributed by atoms with Crippen LogP contribution in [0.15, 0.2) is 27.6 Å². The highest BCUT2D eigenvalue weighted by Gasteiger charge is 2.13. The molecule has 6 heteroatoms. The first-order valence-corrected chi connectivity index (χ1v) is 6.66. The maximum atomic E-state index is 11.1. The summed E-state index contributed by atoms with van der Waals surface area (Å²) in [5.74, 6) is 0. The van der Waals surface area contributed by atoms with E-state index in [2.05, 4.69) is 5.16 Å². The van der Waals surface area contributed by atoms with Gasteiger partial charge in [-0.3, -0.25) is 0 Å². The molecule has 0 spiro atoms. The van der Waals surface area contributed by atoms with Crippen LogP contribution in [-0.2, 0) is 15.5 Å². The van der Waals surface area contributed by atoms with Crippen molar-refractivity contribution in [2.24, 2.45) is 0 Å². The molecule has 0 N–H and O–H groups in total. The van der Waals surface area contributed by atoms with Crippen molar-refractivity contribution in [3.8, 4) is 0 Å². The van der Waals surface area contributed by atoms with Crippen molar-refractivity contribution in [3.63, 3.8) is 0 Å². The monoisotopic (exact) mass is 245 g/mol. The maximum absolute atomic E-state index is 11.1. The maximum Gasteiger partial charge on any atom is 0.261 e. The molecule has 0 saturated carbocycles. The summed E-state index contributed by atoms with van der Waals surface area (Å²) in [7, 11) is 1.55. The van der Waals surface area contributed by atoms with E-state index in [9.17, 15) is 8.42 Å². The average Bonchev–Trinajstić information content (AvgIpc) is 2.57. The topological polar surface area (TPSA) is 60.2 Å². The first-order valence-electron chi connectivity index (χ1n) is 4.35. The Hall–Kier alpha value is -1.07. The number of nitrogens with zero attached hydrogens (tertiary/aromatic N) is 1. The smallest absolute Gasteiger partial charge is 0.261 e. The number of hydrogen-bond donors (Lipinski definition) is 0. The predicted molar refractivity (Wildman–Crippen MR) is 56.4 cm³/mol. The third-order valence-corrected chi connectivity index (χ3v) is 3.48. The second-order valence-electron chi connectivity index (χ2n) is 3.08. The number of halogens is 1. The van der Waals surface area contributed by atoms with E-state index in [0.29, 0.717) is 17.4 Å². The number of hydrogen-bond acceptors (Lipinski definition) is 4. The van der Waals surface area contributed by atoms with Gasteiger partial charge in [0.1, 0.15) is 0 Å². The molecule has 0 unspecified atom stereocenters. The SMILES string of the molecule is CCc1noc2ccc(S(=O)(=O)Cl)cc12. The van der Waals surface area contributed by atoms with Crippen molar-refractivity contribution in [2.45, 2.75) is 18.2 Å². The van der Waals surface area contributed by atoms with Crippen LogP contribution in [0.2, 0.25) is 0 Å². The van der Waals surface area contributed by atoms with Gasteiger partial charge in [0.05, 0.1) is 10.6 Å². The van der Waals surface area contributed by atoms with Gasteiger partial charge in [-0.05, 0) is 24.6 Å². The van der Waals surface area contributed by atoms with Gasteiger partial charge in [0.2, 0.25) is 0 Å². The van der Waals surface area contributed by atoms with Gasteiger partial charge in [-0.25, -0.2) is 8.42 Å². The minimum atomic E-state index is -3.69. The van der Waals surface area contributed by atoms with E-state index in [1.54, 1.807) is 6.07 Å². The minimum Gasteiger partial charge on any atom is -0.356 e. The molecule has 1 aromatic heterocycles. The Morgan fingerprint density at radius 2 is 2.20 bits per heavy atom. The summed E-state index contributed by atoms with van der Waals surface area (Å²) in [6.07, 6.45) is 0.679. The highest BCUT2D eigenvalue weighted by Crippen LogP contribution is 2.24. The van der Waals surface area contributed by atoms with E-state index in [1.165, 1.54) is 12.1 Å². The third-order valence-electron chi connectivity index (χ3n) is 2.13. The van der Waals surface area contributed by atoms with Crippen LogP contribution in [0.3, 0.4) is 0 Å². The summed E-state index contributed by atoms with van der Waals surface area (Å²) >= 11 is 0. The summed E-state index contributed by atoms with van der Waals surface area (Å²) in [6.45, 7) is 1.92.